The highest BCUT2D eigenvalue weighted by Gasteiger charge is 2.41. The van der Waals surface area contributed by atoms with Crippen LogP contribution in [0.5, 0.6) is 0 Å². The first-order valence-electron chi connectivity index (χ1n) is 10.5. The molecule has 2 fully saturated rings. The number of nitrogens with zero attached hydrogens (tertiary/aromatic N) is 5. The molecule has 7 nitrogen and oxygen atoms in total. The van der Waals surface area contributed by atoms with Crippen LogP contribution < -0.4 is 0 Å². The third-order valence-electron chi connectivity index (χ3n) is 6.54. The highest BCUT2D eigenvalue weighted by molar-refractivity contribution is 5.77. The van der Waals surface area contributed by atoms with Crippen molar-refractivity contribution in [1.82, 2.24) is 24.3 Å². The van der Waals surface area contributed by atoms with E-state index in [-0.39, 0.29) is 17.2 Å². The molecule has 4 heterocycles. The third-order valence-corrected chi connectivity index (χ3v) is 6.54. The first-order valence-corrected chi connectivity index (χ1v) is 10.5. The summed E-state index contributed by atoms with van der Waals surface area (Å²) in [6, 6.07) is 3.94. The van der Waals surface area contributed by atoms with E-state index in [9.17, 15) is 9.59 Å². The number of likely N-dealkylation sites (tertiary alicyclic amines) is 2. The van der Waals surface area contributed by atoms with Crippen LogP contribution in [-0.4, -0.2) is 55.8 Å². The predicted molar refractivity (Wildman–Crippen MR) is 109 cm³/mol. The number of carbonyl (C=O) groups is 2. The molecule has 2 saturated heterocycles. The molecular formula is C22H29N5O2. The van der Waals surface area contributed by atoms with Crippen molar-refractivity contribution in [1.29, 1.82) is 0 Å². The fraction of sp³-hybridized carbons (Fsp3) is 0.545. The summed E-state index contributed by atoms with van der Waals surface area (Å²) in [5.74, 6) is 1.40. The summed E-state index contributed by atoms with van der Waals surface area (Å²) < 4.78 is 2.02. The van der Waals surface area contributed by atoms with Crippen LogP contribution in [0.25, 0.3) is 0 Å². The van der Waals surface area contributed by atoms with Gasteiger partial charge in [-0.2, -0.15) is 0 Å². The predicted octanol–water partition coefficient (Wildman–Crippen LogP) is 2.41. The Bertz CT molecular complexity index is 855. The Morgan fingerprint density at radius 3 is 2.59 bits per heavy atom. The van der Waals surface area contributed by atoms with Crippen molar-refractivity contribution in [3.05, 3.63) is 48.3 Å². The van der Waals surface area contributed by atoms with Gasteiger partial charge in [-0.15, -0.1) is 0 Å². The lowest BCUT2D eigenvalue weighted by atomic mass is 9.72. The molecule has 0 aliphatic carbocycles. The number of carbonyl (C=O) groups excluding carboxylic acids is 2. The van der Waals surface area contributed by atoms with Crippen LogP contribution in [0.1, 0.15) is 43.5 Å². The van der Waals surface area contributed by atoms with Crippen LogP contribution in [0.4, 0.5) is 0 Å². The van der Waals surface area contributed by atoms with Crippen molar-refractivity contribution >= 4 is 11.8 Å². The number of piperidine rings is 2. The Morgan fingerprint density at radius 2 is 1.90 bits per heavy atom. The minimum absolute atomic E-state index is 0.151. The third kappa shape index (κ3) is 4.49. The quantitative estimate of drug-likeness (QED) is 0.779. The van der Waals surface area contributed by atoms with E-state index in [1.807, 2.05) is 39.6 Å². The summed E-state index contributed by atoms with van der Waals surface area (Å²) in [6.45, 7) is 5.66. The van der Waals surface area contributed by atoms with Crippen LogP contribution >= 0.6 is 0 Å². The summed E-state index contributed by atoms with van der Waals surface area (Å²) in [5.41, 5.74) is 1.27. The molecule has 2 aliphatic rings. The second-order valence-electron chi connectivity index (χ2n) is 8.40. The topological polar surface area (TPSA) is 71.3 Å². The van der Waals surface area contributed by atoms with Crippen molar-refractivity contribution in [3.63, 3.8) is 0 Å². The SMILES string of the molecule is Cc1nccn1CCC(=O)N1CCC2(CCC(=O)N(Cc3ccncc3)C2)CC1. The number of hydrogen-bond acceptors (Lipinski definition) is 4. The largest absolute Gasteiger partial charge is 0.343 e. The van der Waals surface area contributed by atoms with Gasteiger partial charge in [0.25, 0.3) is 0 Å². The van der Waals surface area contributed by atoms with E-state index >= 15 is 0 Å². The van der Waals surface area contributed by atoms with Gasteiger partial charge in [-0.25, -0.2) is 4.98 Å². The molecule has 7 heteroatoms. The number of aryl methyl sites for hydroxylation is 2. The summed E-state index contributed by atoms with van der Waals surface area (Å²) >= 11 is 0. The lowest BCUT2D eigenvalue weighted by molar-refractivity contribution is -0.143. The summed E-state index contributed by atoms with van der Waals surface area (Å²) in [6.07, 6.45) is 11.2. The molecule has 4 rings (SSSR count). The Hall–Kier alpha value is -2.70. The van der Waals surface area contributed by atoms with E-state index in [0.717, 1.165) is 50.3 Å². The Balaban J connectivity index is 1.31. The van der Waals surface area contributed by atoms with E-state index in [1.165, 1.54) is 0 Å². The van der Waals surface area contributed by atoms with Crippen LogP contribution in [-0.2, 0) is 22.7 Å². The summed E-state index contributed by atoms with van der Waals surface area (Å²) in [4.78, 5) is 37.4. The van der Waals surface area contributed by atoms with Gasteiger partial charge in [0.05, 0.1) is 0 Å². The number of imidazole rings is 1. The molecule has 0 atom stereocenters. The van der Waals surface area contributed by atoms with Crippen LogP contribution in [0.3, 0.4) is 0 Å². The Kier molecular flexibility index (Phi) is 5.65. The van der Waals surface area contributed by atoms with Gasteiger partial charge in [0.15, 0.2) is 0 Å². The molecule has 1 spiro atoms. The fourth-order valence-electron chi connectivity index (χ4n) is 4.61. The minimum Gasteiger partial charge on any atom is -0.343 e. The maximum atomic E-state index is 12.7. The van der Waals surface area contributed by atoms with E-state index in [4.69, 9.17) is 0 Å². The molecular weight excluding hydrogens is 366 g/mol. The molecule has 2 aromatic heterocycles. The average Bonchev–Trinajstić information content (AvgIpc) is 3.15. The van der Waals surface area contributed by atoms with Crippen molar-refractivity contribution in [2.45, 2.75) is 52.1 Å². The smallest absolute Gasteiger partial charge is 0.224 e. The molecule has 2 aliphatic heterocycles. The highest BCUT2D eigenvalue weighted by atomic mass is 16.2. The first-order chi connectivity index (χ1) is 14.0. The number of hydrogen-bond donors (Lipinski definition) is 0. The molecule has 0 saturated carbocycles. The molecule has 0 radical (unpaired) electrons. The van der Waals surface area contributed by atoms with Crippen molar-refractivity contribution < 1.29 is 9.59 Å². The monoisotopic (exact) mass is 395 g/mol. The van der Waals surface area contributed by atoms with Gasteiger partial charge >= 0.3 is 0 Å². The Labute approximate surface area is 171 Å². The zero-order valence-corrected chi connectivity index (χ0v) is 17.1. The average molecular weight is 396 g/mol. The van der Waals surface area contributed by atoms with Crippen molar-refractivity contribution in [2.75, 3.05) is 19.6 Å². The van der Waals surface area contributed by atoms with E-state index < -0.39 is 0 Å². The van der Waals surface area contributed by atoms with Gasteiger partial charge in [0.2, 0.25) is 11.8 Å². The maximum absolute atomic E-state index is 12.7. The van der Waals surface area contributed by atoms with Gasteiger partial charge < -0.3 is 14.4 Å². The normalized spacial score (nSPS) is 19.0. The lowest BCUT2D eigenvalue weighted by Gasteiger charge is -2.47. The number of aromatic nitrogens is 3. The standard InChI is InChI=1S/C22H29N5O2/c1-18-24-11-15-25(18)12-5-21(29)26-13-7-22(8-14-26)6-2-20(28)27(17-22)16-19-3-9-23-10-4-19/h3-4,9-11,15H,2,5-8,12-14,16-17H2,1H3. The van der Waals surface area contributed by atoms with Gasteiger partial charge in [-0.05, 0) is 49.3 Å². The summed E-state index contributed by atoms with van der Waals surface area (Å²) in [5, 5.41) is 0. The molecule has 0 aromatic carbocycles. The van der Waals surface area contributed by atoms with Gasteiger partial charge in [0, 0.05) is 70.4 Å². The van der Waals surface area contributed by atoms with Crippen molar-refractivity contribution in [2.24, 2.45) is 5.41 Å². The fourth-order valence-corrected chi connectivity index (χ4v) is 4.61. The zero-order chi connectivity index (χ0) is 20.3. The van der Waals surface area contributed by atoms with Crippen molar-refractivity contribution in [3.8, 4) is 0 Å². The maximum Gasteiger partial charge on any atom is 0.224 e. The van der Waals surface area contributed by atoms with Gasteiger partial charge in [0.1, 0.15) is 5.82 Å². The van der Waals surface area contributed by atoms with Crippen LogP contribution in [0.15, 0.2) is 36.9 Å². The van der Waals surface area contributed by atoms with Crippen LogP contribution in [0.2, 0.25) is 0 Å². The second-order valence-corrected chi connectivity index (χ2v) is 8.40. The summed E-state index contributed by atoms with van der Waals surface area (Å²) in [7, 11) is 0. The molecule has 29 heavy (non-hydrogen) atoms. The number of pyridine rings is 1. The minimum atomic E-state index is 0.151. The van der Waals surface area contributed by atoms with Gasteiger partial charge in [-0.1, -0.05) is 0 Å². The van der Waals surface area contributed by atoms with E-state index in [0.29, 0.717) is 25.9 Å². The number of amides is 2. The Morgan fingerprint density at radius 1 is 1.14 bits per heavy atom. The molecule has 0 bridgehead atoms. The molecule has 0 N–H and O–H groups in total. The zero-order valence-electron chi connectivity index (χ0n) is 17.1. The number of rotatable bonds is 5. The van der Waals surface area contributed by atoms with E-state index in [2.05, 4.69) is 9.97 Å². The van der Waals surface area contributed by atoms with Crippen LogP contribution in [0, 0.1) is 12.3 Å². The molecule has 0 unspecified atom stereocenters. The molecule has 154 valence electrons. The second kappa shape index (κ2) is 8.35. The lowest BCUT2D eigenvalue weighted by Crippen LogP contribution is -2.52. The molecule has 2 aromatic rings. The first kappa shape index (κ1) is 19.6. The molecule has 2 amide bonds. The van der Waals surface area contributed by atoms with Gasteiger partial charge in [-0.3, -0.25) is 14.6 Å². The van der Waals surface area contributed by atoms with E-state index in [1.54, 1.807) is 18.6 Å². The highest BCUT2D eigenvalue weighted by Crippen LogP contribution is 2.40.